The van der Waals surface area contributed by atoms with Crippen molar-refractivity contribution in [2.45, 2.75) is 38.1 Å². The van der Waals surface area contributed by atoms with E-state index in [2.05, 4.69) is 49.7 Å². The number of H-pyrrole nitrogens is 1. The Morgan fingerprint density at radius 3 is 2.57 bits per heavy atom. The van der Waals surface area contributed by atoms with E-state index in [4.69, 9.17) is 4.74 Å². The molecule has 1 aliphatic heterocycles. The topological polar surface area (TPSA) is 66.1 Å². The van der Waals surface area contributed by atoms with Gasteiger partial charge in [-0.15, -0.1) is 0 Å². The largest absolute Gasteiger partial charge is 0.378 e. The highest BCUT2D eigenvalue weighted by atomic mass is 16.5. The number of pyridine rings is 1. The first-order valence-corrected chi connectivity index (χ1v) is 10.4. The highest BCUT2D eigenvalue weighted by Crippen LogP contribution is 2.33. The van der Waals surface area contributed by atoms with Crippen LogP contribution in [0.15, 0.2) is 36.5 Å². The first kappa shape index (κ1) is 17.5. The van der Waals surface area contributed by atoms with Gasteiger partial charge in [0.05, 0.1) is 24.1 Å². The zero-order valence-electron chi connectivity index (χ0n) is 16.2. The molecule has 28 heavy (non-hydrogen) atoms. The quantitative estimate of drug-likeness (QED) is 0.713. The summed E-state index contributed by atoms with van der Waals surface area (Å²) in [6, 6.07) is 11.2. The molecule has 0 atom stereocenters. The molecule has 0 radical (unpaired) electrons. The minimum atomic E-state index is 0.512. The molecule has 6 nitrogen and oxygen atoms in total. The molecule has 0 bridgehead atoms. The lowest BCUT2D eigenvalue weighted by molar-refractivity contribution is 0.122. The molecular formula is C22H27N5O. The van der Waals surface area contributed by atoms with Gasteiger partial charge < -0.3 is 15.0 Å². The second-order valence-electron chi connectivity index (χ2n) is 7.78. The van der Waals surface area contributed by atoms with Crippen LogP contribution in [-0.4, -0.2) is 47.5 Å². The van der Waals surface area contributed by atoms with Gasteiger partial charge in [-0.1, -0.05) is 31.4 Å². The Morgan fingerprint density at radius 1 is 1.00 bits per heavy atom. The van der Waals surface area contributed by atoms with Crippen LogP contribution in [0.5, 0.6) is 0 Å². The van der Waals surface area contributed by atoms with Crippen LogP contribution >= 0.6 is 0 Å². The molecule has 1 saturated carbocycles. The van der Waals surface area contributed by atoms with Gasteiger partial charge in [0.1, 0.15) is 11.5 Å². The van der Waals surface area contributed by atoms with Crippen molar-refractivity contribution in [1.29, 1.82) is 0 Å². The lowest BCUT2D eigenvalue weighted by Crippen LogP contribution is -2.36. The fraction of sp³-hybridized carbons (Fsp3) is 0.455. The van der Waals surface area contributed by atoms with Crippen LogP contribution in [0.3, 0.4) is 0 Å². The maximum absolute atomic E-state index is 5.46. The van der Waals surface area contributed by atoms with Gasteiger partial charge >= 0.3 is 0 Å². The minimum absolute atomic E-state index is 0.512. The summed E-state index contributed by atoms with van der Waals surface area (Å²) in [5.74, 6) is 0.949. The summed E-state index contributed by atoms with van der Waals surface area (Å²) in [6.07, 6.45) is 8.25. The van der Waals surface area contributed by atoms with E-state index in [0.717, 1.165) is 54.3 Å². The monoisotopic (exact) mass is 377 g/mol. The Hall–Kier alpha value is -2.60. The third kappa shape index (κ3) is 3.44. The van der Waals surface area contributed by atoms with E-state index >= 15 is 0 Å². The number of benzene rings is 1. The summed E-state index contributed by atoms with van der Waals surface area (Å²) in [6.45, 7) is 3.50. The van der Waals surface area contributed by atoms with Crippen molar-refractivity contribution < 1.29 is 4.74 Å². The average Bonchev–Trinajstić information content (AvgIpc) is 3.21. The molecular weight excluding hydrogens is 350 g/mol. The highest BCUT2D eigenvalue weighted by molar-refractivity contribution is 6.00. The van der Waals surface area contributed by atoms with Crippen molar-refractivity contribution in [3.05, 3.63) is 36.5 Å². The second-order valence-corrected chi connectivity index (χ2v) is 7.78. The molecule has 2 aliphatic rings. The minimum Gasteiger partial charge on any atom is -0.378 e. The van der Waals surface area contributed by atoms with Gasteiger partial charge in [-0.25, -0.2) is 4.98 Å². The summed E-state index contributed by atoms with van der Waals surface area (Å²) in [4.78, 5) is 7.03. The lowest BCUT2D eigenvalue weighted by atomic mass is 9.95. The maximum Gasteiger partial charge on any atom is 0.137 e. The van der Waals surface area contributed by atoms with Crippen molar-refractivity contribution in [3.8, 4) is 11.3 Å². The lowest BCUT2D eigenvalue weighted by Gasteiger charge is -2.28. The molecule has 1 saturated heterocycles. The molecule has 0 amide bonds. The smallest absolute Gasteiger partial charge is 0.137 e. The van der Waals surface area contributed by atoms with Crippen LogP contribution in [0.2, 0.25) is 0 Å². The van der Waals surface area contributed by atoms with E-state index in [1.54, 1.807) is 0 Å². The summed E-state index contributed by atoms with van der Waals surface area (Å²) >= 11 is 0. The Bertz CT molecular complexity index is 924. The van der Waals surface area contributed by atoms with E-state index in [1.807, 2.05) is 12.3 Å². The van der Waals surface area contributed by atoms with E-state index in [1.165, 1.54) is 37.8 Å². The van der Waals surface area contributed by atoms with Crippen molar-refractivity contribution in [3.63, 3.8) is 0 Å². The number of nitrogens with one attached hydrogen (secondary N) is 2. The number of hydrogen-bond acceptors (Lipinski definition) is 5. The summed E-state index contributed by atoms with van der Waals surface area (Å²) in [5, 5.41) is 12.6. The molecule has 3 aromatic rings. The summed E-state index contributed by atoms with van der Waals surface area (Å²) in [7, 11) is 0. The van der Waals surface area contributed by atoms with Gasteiger partial charge in [0.2, 0.25) is 0 Å². The third-order valence-electron chi connectivity index (χ3n) is 5.94. The predicted molar refractivity (Wildman–Crippen MR) is 113 cm³/mol. The SMILES string of the molecule is c1cc2[nH]nc(-c3ccc(N4CCOCC4)cc3)c2c(NC2CCCCC2)n1. The number of anilines is 2. The van der Waals surface area contributed by atoms with Crippen LogP contribution in [0.1, 0.15) is 32.1 Å². The number of rotatable bonds is 4. The maximum atomic E-state index is 5.46. The normalized spacial score (nSPS) is 18.5. The second kappa shape index (κ2) is 7.80. The molecule has 0 unspecified atom stereocenters. The number of nitrogens with zero attached hydrogens (tertiary/aromatic N) is 3. The molecule has 0 spiro atoms. The molecule has 1 aliphatic carbocycles. The highest BCUT2D eigenvalue weighted by Gasteiger charge is 2.19. The summed E-state index contributed by atoms with van der Waals surface area (Å²) in [5.41, 5.74) is 4.35. The first-order valence-electron chi connectivity index (χ1n) is 10.4. The molecule has 5 rings (SSSR count). The molecule has 146 valence electrons. The van der Waals surface area contributed by atoms with Crippen molar-refractivity contribution in [2.24, 2.45) is 0 Å². The molecule has 2 fully saturated rings. The fourth-order valence-corrected chi connectivity index (χ4v) is 4.38. The van der Waals surface area contributed by atoms with Gasteiger partial charge in [0.15, 0.2) is 0 Å². The van der Waals surface area contributed by atoms with Crippen LogP contribution < -0.4 is 10.2 Å². The van der Waals surface area contributed by atoms with E-state index in [9.17, 15) is 0 Å². The molecule has 1 aromatic carbocycles. The molecule has 3 heterocycles. The van der Waals surface area contributed by atoms with Crippen molar-refractivity contribution >= 4 is 22.4 Å². The fourth-order valence-electron chi connectivity index (χ4n) is 4.38. The zero-order valence-corrected chi connectivity index (χ0v) is 16.2. The molecule has 2 aromatic heterocycles. The van der Waals surface area contributed by atoms with Crippen LogP contribution in [0.4, 0.5) is 11.5 Å². The van der Waals surface area contributed by atoms with Crippen LogP contribution in [-0.2, 0) is 4.74 Å². The van der Waals surface area contributed by atoms with E-state index in [-0.39, 0.29) is 0 Å². The Labute approximate surface area is 165 Å². The number of aromatic nitrogens is 3. The number of morpholine rings is 1. The summed E-state index contributed by atoms with van der Waals surface area (Å²) < 4.78 is 5.46. The van der Waals surface area contributed by atoms with Crippen LogP contribution in [0.25, 0.3) is 22.2 Å². The number of aromatic amines is 1. The standard InChI is InChI=1S/C22H27N5O/c1-2-4-17(5-3-1)24-22-20-19(10-11-23-22)25-26-21(20)16-6-8-18(9-7-16)27-12-14-28-15-13-27/h6-11,17H,1-5,12-15H2,(H,23,24)(H,25,26). The van der Waals surface area contributed by atoms with Gasteiger partial charge in [0, 0.05) is 36.6 Å². The molecule has 2 N–H and O–H groups in total. The third-order valence-corrected chi connectivity index (χ3v) is 5.94. The number of ether oxygens (including phenoxy) is 1. The number of fused-ring (bicyclic) bond motifs is 1. The van der Waals surface area contributed by atoms with Gasteiger partial charge in [-0.05, 0) is 31.0 Å². The number of hydrogen-bond donors (Lipinski definition) is 2. The average molecular weight is 377 g/mol. The Balaban J connectivity index is 1.45. The Morgan fingerprint density at radius 2 is 1.79 bits per heavy atom. The molecule has 6 heteroatoms. The van der Waals surface area contributed by atoms with E-state index in [0.29, 0.717) is 6.04 Å². The first-order chi connectivity index (χ1) is 13.9. The van der Waals surface area contributed by atoms with Crippen LogP contribution in [0, 0.1) is 0 Å². The Kier molecular flexibility index (Phi) is 4.87. The van der Waals surface area contributed by atoms with Gasteiger partial charge in [-0.2, -0.15) is 5.10 Å². The van der Waals surface area contributed by atoms with Gasteiger partial charge in [0.25, 0.3) is 0 Å². The van der Waals surface area contributed by atoms with Crippen molar-refractivity contribution in [2.75, 3.05) is 36.5 Å². The van der Waals surface area contributed by atoms with Crippen molar-refractivity contribution in [1.82, 2.24) is 15.2 Å². The van der Waals surface area contributed by atoms with Gasteiger partial charge in [-0.3, -0.25) is 5.10 Å². The predicted octanol–water partition coefficient (Wildman–Crippen LogP) is 4.21. The zero-order chi connectivity index (χ0) is 18.8. The van der Waals surface area contributed by atoms with E-state index < -0.39 is 0 Å².